The van der Waals surface area contributed by atoms with Gasteiger partial charge in [0, 0.05) is 0 Å². The lowest BCUT2D eigenvalue weighted by atomic mass is 9.96. The van der Waals surface area contributed by atoms with Gasteiger partial charge in [-0.05, 0) is 26.2 Å². The molecule has 0 aromatic heterocycles. The smallest absolute Gasteiger partial charge is 0.0813 e. The molecule has 0 radical (unpaired) electrons. The van der Waals surface area contributed by atoms with Crippen LogP contribution in [0.5, 0.6) is 0 Å². The molecule has 0 saturated heterocycles. The van der Waals surface area contributed by atoms with Gasteiger partial charge in [-0.1, -0.05) is 51.5 Å². The van der Waals surface area contributed by atoms with Crippen molar-refractivity contribution in [1.82, 2.24) is 0 Å². The van der Waals surface area contributed by atoms with Crippen LogP contribution in [0.4, 0.5) is 0 Å². The zero-order valence-electron chi connectivity index (χ0n) is 11.0. The third-order valence-electron chi connectivity index (χ3n) is 2.88. The SMILES string of the molecule is C=C(C)C(CC)OC(C(=C)C)C(C)CC. The van der Waals surface area contributed by atoms with E-state index in [-0.39, 0.29) is 12.2 Å². The Hall–Kier alpha value is -0.560. The van der Waals surface area contributed by atoms with Gasteiger partial charge in [-0.25, -0.2) is 0 Å². The molecule has 0 aliphatic heterocycles. The Morgan fingerprint density at radius 1 is 1.07 bits per heavy atom. The Balaban J connectivity index is 4.52. The van der Waals surface area contributed by atoms with Gasteiger partial charge in [0.05, 0.1) is 12.2 Å². The second kappa shape index (κ2) is 6.84. The zero-order chi connectivity index (χ0) is 12.0. The van der Waals surface area contributed by atoms with E-state index in [1.165, 1.54) is 0 Å². The molecule has 0 aromatic rings. The van der Waals surface area contributed by atoms with Crippen LogP contribution in [0.2, 0.25) is 0 Å². The molecular formula is C14H26O. The van der Waals surface area contributed by atoms with E-state index in [9.17, 15) is 0 Å². The molecule has 88 valence electrons. The Morgan fingerprint density at radius 2 is 1.60 bits per heavy atom. The van der Waals surface area contributed by atoms with Gasteiger partial charge >= 0.3 is 0 Å². The predicted molar refractivity (Wildman–Crippen MR) is 68.0 cm³/mol. The van der Waals surface area contributed by atoms with E-state index in [2.05, 4.69) is 33.9 Å². The molecule has 3 atom stereocenters. The van der Waals surface area contributed by atoms with E-state index >= 15 is 0 Å². The molecule has 0 bridgehead atoms. The van der Waals surface area contributed by atoms with Gasteiger partial charge in [-0.3, -0.25) is 0 Å². The summed E-state index contributed by atoms with van der Waals surface area (Å²) in [5.74, 6) is 0.524. The predicted octanol–water partition coefficient (Wildman–Crippen LogP) is 4.35. The molecule has 0 fully saturated rings. The fraction of sp³-hybridized carbons (Fsp3) is 0.714. The first-order valence-corrected chi connectivity index (χ1v) is 5.90. The van der Waals surface area contributed by atoms with Crippen molar-refractivity contribution in [1.29, 1.82) is 0 Å². The fourth-order valence-corrected chi connectivity index (χ4v) is 1.69. The fourth-order valence-electron chi connectivity index (χ4n) is 1.69. The second-order valence-electron chi connectivity index (χ2n) is 4.53. The van der Waals surface area contributed by atoms with Crippen LogP contribution >= 0.6 is 0 Å². The maximum Gasteiger partial charge on any atom is 0.0813 e. The average molecular weight is 210 g/mol. The molecule has 1 heteroatoms. The summed E-state index contributed by atoms with van der Waals surface area (Å²) in [5.41, 5.74) is 2.22. The minimum Gasteiger partial charge on any atom is -0.366 e. The van der Waals surface area contributed by atoms with Gasteiger partial charge in [0.1, 0.15) is 0 Å². The van der Waals surface area contributed by atoms with Crippen molar-refractivity contribution in [2.45, 2.75) is 59.7 Å². The van der Waals surface area contributed by atoms with E-state index in [1.54, 1.807) is 0 Å². The molecular weight excluding hydrogens is 184 g/mol. The first-order chi connectivity index (χ1) is 6.93. The Morgan fingerprint density at radius 3 is 1.87 bits per heavy atom. The van der Waals surface area contributed by atoms with Crippen molar-refractivity contribution in [2.24, 2.45) is 5.92 Å². The van der Waals surface area contributed by atoms with Crippen LogP contribution in [-0.4, -0.2) is 12.2 Å². The van der Waals surface area contributed by atoms with Gasteiger partial charge in [0.2, 0.25) is 0 Å². The van der Waals surface area contributed by atoms with Crippen LogP contribution in [0.1, 0.15) is 47.5 Å². The van der Waals surface area contributed by atoms with Crippen LogP contribution in [-0.2, 0) is 4.74 Å². The first kappa shape index (κ1) is 14.4. The van der Waals surface area contributed by atoms with Crippen molar-refractivity contribution in [3.05, 3.63) is 24.3 Å². The van der Waals surface area contributed by atoms with E-state index < -0.39 is 0 Å². The maximum absolute atomic E-state index is 6.08. The summed E-state index contributed by atoms with van der Waals surface area (Å²) in [6.45, 7) is 18.6. The normalized spacial score (nSPS) is 16.9. The molecule has 0 amide bonds. The van der Waals surface area contributed by atoms with Crippen LogP contribution < -0.4 is 0 Å². The van der Waals surface area contributed by atoms with E-state index in [0.717, 1.165) is 24.0 Å². The molecule has 0 N–H and O–H groups in total. The number of ether oxygens (including phenoxy) is 1. The molecule has 0 saturated carbocycles. The van der Waals surface area contributed by atoms with Gasteiger partial charge in [-0.2, -0.15) is 0 Å². The highest BCUT2D eigenvalue weighted by Crippen LogP contribution is 2.22. The number of hydrogen-bond donors (Lipinski definition) is 0. The zero-order valence-corrected chi connectivity index (χ0v) is 11.0. The molecule has 0 rings (SSSR count). The number of rotatable bonds is 7. The van der Waals surface area contributed by atoms with Gasteiger partial charge < -0.3 is 4.74 Å². The summed E-state index contributed by atoms with van der Waals surface area (Å²) in [6, 6.07) is 0. The lowest BCUT2D eigenvalue weighted by Gasteiger charge is -2.29. The van der Waals surface area contributed by atoms with Crippen LogP contribution in [0.25, 0.3) is 0 Å². The van der Waals surface area contributed by atoms with Crippen molar-refractivity contribution in [3.8, 4) is 0 Å². The van der Waals surface area contributed by atoms with Crippen molar-refractivity contribution < 1.29 is 4.74 Å². The summed E-state index contributed by atoms with van der Waals surface area (Å²) in [5, 5.41) is 0. The minimum absolute atomic E-state index is 0.164. The first-order valence-electron chi connectivity index (χ1n) is 5.90. The quantitative estimate of drug-likeness (QED) is 0.568. The van der Waals surface area contributed by atoms with Crippen LogP contribution in [0.3, 0.4) is 0 Å². The summed E-state index contributed by atoms with van der Waals surface area (Å²) in [7, 11) is 0. The van der Waals surface area contributed by atoms with Gasteiger partial charge in [0.15, 0.2) is 0 Å². The highest BCUT2D eigenvalue weighted by Gasteiger charge is 2.21. The van der Waals surface area contributed by atoms with Crippen molar-refractivity contribution in [3.63, 3.8) is 0 Å². The standard InChI is InChI=1S/C14H26O/c1-8-12(7)14(11(5)6)15-13(9-2)10(3)4/h12-14H,3,5,8-9H2,1-2,4,6-7H3. The van der Waals surface area contributed by atoms with E-state index in [1.807, 2.05) is 13.8 Å². The third kappa shape index (κ3) is 4.65. The van der Waals surface area contributed by atoms with Crippen molar-refractivity contribution >= 4 is 0 Å². The molecule has 3 unspecified atom stereocenters. The Kier molecular flexibility index (Phi) is 6.58. The highest BCUT2D eigenvalue weighted by atomic mass is 16.5. The van der Waals surface area contributed by atoms with Crippen molar-refractivity contribution in [2.75, 3.05) is 0 Å². The van der Waals surface area contributed by atoms with Gasteiger partial charge in [0.25, 0.3) is 0 Å². The lowest BCUT2D eigenvalue weighted by Crippen LogP contribution is -2.28. The summed E-state index contributed by atoms with van der Waals surface area (Å²) >= 11 is 0. The molecule has 0 aromatic carbocycles. The van der Waals surface area contributed by atoms with Gasteiger partial charge in [-0.15, -0.1) is 0 Å². The van der Waals surface area contributed by atoms with Crippen LogP contribution in [0, 0.1) is 5.92 Å². The molecule has 0 aliphatic rings. The molecule has 0 spiro atoms. The Bertz CT molecular complexity index is 217. The topological polar surface area (TPSA) is 9.23 Å². The minimum atomic E-state index is 0.164. The van der Waals surface area contributed by atoms with Crippen LogP contribution in [0.15, 0.2) is 24.3 Å². The maximum atomic E-state index is 6.08. The average Bonchev–Trinajstić information content (AvgIpc) is 2.17. The summed E-state index contributed by atoms with van der Waals surface area (Å²) in [6.07, 6.45) is 2.43. The van der Waals surface area contributed by atoms with E-state index in [0.29, 0.717) is 5.92 Å². The molecule has 0 heterocycles. The molecule has 0 aliphatic carbocycles. The molecule has 15 heavy (non-hydrogen) atoms. The van der Waals surface area contributed by atoms with E-state index in [4.69, 9.17) is 4.74 Å². The highest BCUT2D eigenvalue weighted by molar-refractivity contribution is 5.04. The summed E-state index contributed by atoms with van der Waals surface area (Å²) < 4.78 is 6.08. The second-order valence-corrected chi connectivity index (χ2v) is 4.53. The Labute approximate surface area is 95.2 Å². The number of hydrogen-bond acceptors (Lipinski definition) is 1. The summed E-state index contributed by atoms with van der Waals surface area (Å²) in [4.78, 5) is 0. The third-order valence-corrected chi connectivity index (χ3v) is 2.88. The monoisotopic (exact) mass is 210 g/mol. The lowest BCUT2D eigenvalue weighted by molar-refractivity contribution is -0.00252. The molecule has 1 nitrogen and oxygen atoms in total. The largest absolute Gasteiger partial charge is 0.366 e.